The van der Waals surface area contributed by atoms with Crippen LogP contribution < -0.4 is 0 Å². The first-order valence-corrected chi connectivity index (χ1v) is 6.47. The van der Waals surface area contributed by atoms with Gasteiger partial charge in [0.05, 0.1) is 6.61 Å². The molecule has 16 heavy (non-hydrogen) atoms. The molecule has 1 aliphatic heterocycles. The van der Waals surface area contributed by atoms with Gasteiger partial charge in [-0.1, -0.05) is 12.8 Å². The monoisotopic (exact) mass is 226 g/mol. The van der Waals surface area contributed by atoms with Crippen LogP contribution in [0.4, 0.5) is 4.79 Å². The number of nitrogens with zero attached hydrogens (tertiary/aromatic N) is 2. The number of rotatable bonds is 2. The molecular formula is C12H22N2O2. The van der Waals surface area contributed by atoms with Gasteiger partial charge in [0, 0.05) is 32.2 Å². The quantitative estimate of drug-likeness (QED) is 0.718. The molecule has 1 amide bonds. The number of ether oxygens (including phenoxy) is 1. The Balaban J connectivity index is 1.75. The lowest BCUT2D eigenvalue weighted by atomic mass is 10.2. The van der Waals surface area contributed by atoms with E-state index in [-0.39, 0.29) is 6.09 Å². The Morgan fingerprint density at radius 3 is 2.38 bits per heavy atom. The van der Waals surface area contributed by atoms with Crippen molar-refractivity contribution in [3.63, 3.8) is 0 Å². The molecule has 1 heterocycles. The van der Waals surface area contributed by atoms with Crippen LogP contribution in [0.5, 0.6) is 0 Å². The zero-order chi connectivity index (χ0) is 11.4. The van der Waals surface area contributed by atoms with Gasteiger partial charge in [-0.05, 0) is 19.8 Å². The van der Waals surface area contributed by atoms with Gasteiger partial charge in [0.2, 0.25) is 0 Å². The molecule has 0 aromatic rings. The molecule has 0 spiro atoms. The Kier molecular flexibility index (Phi) is 4.04. The third-order valence-electron chi connectivity index (χ3n) is 3.68. The van der Waals surface area contributed by atoms with Gasteiger partial charge in [0.15, 0.2) is 0 Å². The SMILES string of the molecule is CCOC(=O)N1CCN(C2CCCC2)CC1. The Morgan fingerprint density at radius 2 is 1.81 bits per heavy atom. The maximum absolute atomic E-state index is 11.5. The Hall–Kier alpha value is -0.770. The topological polar surface area (TPSA) is 32.8 Å². The fourth-order valence-corrected chi connectivity index (χ4v) is 2.75. The first-order chi connectivity index (χ1) is 7.81. The molecule has 2 aliphatic rings. The largest absolute Gasteiger partial charge is 0.450 e. The first kappa shape index (κ1) is 11.7. The normalized spacial score (nSPS) is 23.7. The first-order valence-electron chi connectivity index (χ1n) is 6.47. The third kappa shape index (κ3) is 2.67. The molecule has 1 aliphatic carbocycles. The fraction of sp³-hybridized carbons (Fsp3) is 0.917. The second-order valence-corrected chi connectivity index (χ2v) is 4.66. The maximum Gasteiger partial charge on any atom is 0.409 e. The van der Waals surface area contributed by atoms with Gasteiger partial charge in [-0.25, -0.2) is 4.79 Å². The number of piperazine rings is 1. The Morgan fingerprint density at radius 1 is 1.19 bits per heavy atom. The smallest absolute Gasteiger partial charge is 0.409 e. The average molecular weight is 226 g/mol. The van der Waals surface area contributed by atoms with E-state index < -0.39 is 0 Å². The van der Waals surface area contributed by atoms with Crippen LogP contribution in [-0.2, 0) is 4.74 Å². The standard InChI is InChI=1S/C12H22N2O2/c1-2-16-12(15)14-9-7-13(8-10-14)11-5-3-4-6-11/h11H,2-10H2,1H3. The van der Waals surface area contributed by atoms with Crippen molar-refractivity contribution in [1.82, 2.24) is 9.80 Å². The molecule has 0 radical (unpaired) electrons. The molecule has 4 nitrogen and oxygen atoms in total. The van der Waals surface area contributed by atoms with E-state index in [0.29, 0.717) is 6.61 Å². The van der Waals surface area contributed by atoms with Crippen LogP contribution in [0.25, 0.3) is 0 Å². The van der Waals surface area contributed by atoms with Crippen molar-refractivity contribution in [2.75, 3.05) is 32.8 Å². The summed E-state index contributed by atoms with van der Waals surface area (Å²) >= 11 is 0. The summed E-state index contributed by atoms with van der Waals surface area (Å²) < 4.78 is 5.01. The summed E-state index contributed by atoms with van der Waals surface area (Å²) in [4.78, 5) is 15.9. The highest BCUT2D eigenvalue weighted by molar-refractivity contribution is 5.67. The van der Waals surface area contributed by atoms with Crippen LogP contribution in [0.2, 0.25) is 0 Å². The summed E-state index contributed by atoms with van der Waals surface area (Å²) in [5.41, 5.74) is 0. The molecule has 1 saturated carbocycles. The third-order valence-corrected chi connectivity index (χ3v) is 3.68. The van der Waals surface area contributed by atoms with Crippen LogP contribution >= 0.6 is 0 Å². The fourth-order valence-electron chi connectivity index (χ4n) is 2.75. The zero-order valence-electron chi connectivity index (χ0n) is 10.2. The molecule has 0 atom stereocenters. The van der Waals surface area contributed by atoms with Gasteiger partial charge in [-0.2, -0.15) is 0 Å². The predicted molar refractivity (Wildman–Crippen MR) is 62.4 cm³/mol. The van der Waals surface area contributed by atoms with Crippen LogP contribution in [0, 0.1) is 0 Å². The molecule has 0 N–H and O–H groups in total. The molecular weight excluding hydrogens is 204 g/mol. The van der Waals surface area contributed by atoms with Gasteiger partial charge in [-0.3, -0.25) is 4.90 Å². The molecule has 0 bridgehead atoms. The van der Waals surface area contributed by atoms with Gasteiger partial charge >= 0.3 is 6.09 Å². The average Bonchev–Trinajstić information content (AvgIpc) is 2.83. The van der Waals surface area contributed by atoms with Crippen molar-refractivity contribution in [3.05, 3.63) is 0 Å². The lowest BCUT2D eigenvalue weighted by Gasteiger charge is -2.37. The lowest BCUT2D eigenvalue weighted by molar-refractivity contribution is 0.0669. The summed E-state index contributed by atoms with van der Waals surface area (Å²) in [7, 11) is 0. The van der Waals surface area contributed by atoms with Crippen LogP contribution in [0.15, 0.2) is 0 Å². The Bertz CT molecular complexity index is 231. The lowest BCUT2D eigenvalue weighted by Crippen LogP contribution is -2.51. The number of carbonyl (C=O) groups excluding carboxylic acids is 1. The highest BCUT2D eigenvalue weighted by atomic mass is 16.6. The van der Waals surface area contributed by atoms with Crippen molar-refractivity contribution >= 4 is 6.09 Å². The van der Waals surface area contributed by atoms with Crippen molar-refractivity contribution in [1.29, 1.82) is 0 Å². The van der Waals surface area contributed by atoms with Gasteiger partial charge < -0.3 is 9.64 Å². The zero-order valence-corrected chi connectivity index (χ0v) is 10.2. The van der Waals surface area contributed by atoms with Crippen molar-refractivity contribution in [2.45, 2.75) is 38.6 Å². The number of carbonyl (C=O) groups is 1. The summed E-state index contributed by atoms with van der Waals surface area (Å²) in [6.07, 6.45) is 5.30. The number of hydrogen-bond acceptors (Lipinski definition) is 3. The second kappa shape index (κ2) is 5.53. The van der Waals surface area contributed by atoms with Gasteiger partial charge in [-0.15, -0.1) is 0 Å². The van der Waals surface area contributed by atoms with E-state index in [9.17, 15) is 4.79 Å². The molecule has 2 rings (SSSR count). The maximum atomic E-state index is 11.5. The van der Waals surface area contributed by atoms with Gasteiger partial charge in [0.25, 0.3) is 0 Å². The van der Waals surface area contributed by atoms with E-state index in [1.54, 1.807) is 0 Å². The number of amides is 1. The second-order valence-electron chi connectivity index (χ2n) is 4.66. The summed E-state index contributed by atoms with van der Waals surface area (Å²) in [6.45, 7) is 6.02. The van der Waals surface area contributed by atoms with E-state index in [2.05, 4.69) is 4.90 Å². The highest BCUT2D eigenvalue weighted by Gasteiger charge is 2.28. The molecule has 92 valence electrons. The molecule has 0 aromatic carbocycles. The van der Waals surface area contributed by atoms with Gasteiger partial charge in [0.1, 0.15) is 0 Å². The van der Waals surface area contributed by atoms with E-state index in [0.717, 1.165) is 32.2 Å². The molecule has 1 saturated heterocycles. The minimum atomic E-state index is -0.145. The van der Waals surface area contributed by atoms with E-state index in [1.165, 1.54) is 25.7 Å². The number of hydrogen-bond donors (Lipinski definition) is 0. The van der Waals surface area contributed by atoms with E-state index >= 15 is 0 Å². The summed E-state index contributed by atoms with van der Waals surface area (Å²) in [5.74, 6) is 0. The van der Waals surface area contributed by atoms with E-state index in [4.69, 9.17) is 4.74 Å². The highest BCUT2D eigenvalue weighted by Crippen LogP contribution is 2.24. The molecule has 4 heteroatoms. The van der Waals surface area contributed by atoms with Crippen molar-refractivity contribution in [2.24, 2.45) is 0 Å². The Labute approximate surface area is 97.5 Å². The molecule has 0 aromatic heterocycles. The molecule has 0 unspecified atom stereocenters. The minimum absolute atomic E-state index is 0.145. The summed E-state index contributed by atoms with van der Waals surface area (Å²) in [5, 5.41) is 0. The van der Waals surface area contributed by atoms with Crippen molar-refractivity contribution < 1.29 is 9.53 Å². The minimum Gasteiger partial charge on any atom is -0.450 e. The van der Waals surface area contributed by atoms with Crippen LogP contribution in [0.1, 0.15) is 32.6 Å². The summed E-state index contributed by atoms with van der Waals surface area (Å²) in [6, 6.07) is 0.782. The van der Waals surface area contributed by atoms with Crippen molar-refractivity contribution in [3.8, 4) is 0 Å². The predicted octanol–water partition coefficient (Wildman–Crippen LogP) is 1.70. The van der Waals surface area contributed by atoms with E-state index in [1.807, 2.05) is 11.8 Å². The van der Waals surface area contributed by atoms with Crippen LogP contribution in [-0.4, -0.2) is 54.7 Å². The van der Waals surface area contributed by atoms with Crippen LogP contribution in [0.3, 0.4) is 0 Å². The molecule has 2 fully saturated rings.